The first-order chi connectivity index (χ1) is 9.84. The van der Waals surface area contributed by atoms with Crippen molar-refractivity contribution in [3.8, 4) is 0 Å². The van der Waals surface area contributed by atoms with Crippen LogP contribution in [0.4, 0.5) is 0 Å². The van der Waals surface area contributed by atoms with E-state index in [0.29, 0.717) is 11.8 Å². The Labute approximate surface area is 125 Å². The van der Waals surface area contributed by atoms with Crippen molar-refractivity contribution in [1.29, 1.82) is 0 Å². The lowest BCUT2D eigenvalue weighted by atomic mass is 9.85. The Bertz CT molecular complexity index is 532. The molecule has 0 unspecified atom stereocenters. The zero-order valence-corrected chi connectivity index (χ0v) is 13.5. The molecule has 0 saturated carbocycles. The van der Waals surface area contributed by atoms with Gasteiger partial charge in [-0.25, -0.2) is 0 Å². The van der Waals surface area contributed by atoms with Crippen molar-refractivity contribution in [2.75, 3.05) is 7.05 Å². The van der Waals surface area contributed by atoms with Gasteiger partial charge in [0.25, 0.3) is 0 Å². The summed E-state index contributed by atoms with van der Waals surface area (Å²) >= 11 is 0. The Balaban J connectivity index is 0.000000579. The number of aryl methyl sites for hydroxylation is 1. The van der Waals surface area contributed by atoms with Gasteiger partial charge < -0.3 is 4.42 Å². The third kappa shape index (κ3) is 6.16. The van der Waals surface area contributed by atoms with Gasteiger partial charge in [-0.15, -0.1) is 10.2 Å². The number of rotatable bonds is 2. The van der Waals surface area contributed by atoms with E-state index < -0.39 is 4.92 Å². The number of nitrogens with zero attached hydrogens (tertiary/aromatic N) is 3. The molecular formula is C15H23N3O3. The maximum absolute atomic E-state index is 8.81. The molecule has 21 heavy (non-hydrogen) atoms. The second-order valence-electron chi connectivity index (χ2n) is 4.56. The molecule has 0 atom stereocenters. The van der Waals surface area contributed by atoms with Crippen molar-refractivity contribution >= 4 is 0 Å². The molecule has 0 bridgehead atoms. The molecule has 0 spiro atoms. The summed E-state index contributed by atoms with van der Waals surface area (Å²) in [5.41, 5.74) is 0.941. The van der Waals surface area contributed by atoms with Crippen molar-refractivity contribution in [3.05, 3.63) is 57.8 Å². The molecule has 2 aromatic rings. The van der Waals surface area contributed by atoms with Crippen LogP contribution in [-0.2, 0) is 5.41 Å². The van der Waals surface area contributed by atoms with E-state index in [1.807, 2.05) is 32.0 Å². The number of benzene rings is 1. The van der Waals surface area contributed by atoms with Gasteiger partial charge in [0.1, 0.15) is 0 Å². The molecule has 0 aliphatic rings. The third-order valence-corrected chi connectivity index (χ3v) is 2.56. The maximum Gasteiger partial charge on any atom is 0.226 e. The third-order valence-electron chi connectivity index (χ3n) is 2.56. The van der Waals surface area contributed by atoms with Gasteiger partial charge in [-0.2, -0.15) is 0 Å². The summed E-state index contributed by atoms with van der Waals surface area (Å²) in [5.74, 6) is 1.26. The van der Waals surface area contributed by atoms with E-state index in [1.54, 1.807) is 6.92 Å². The number of hydrogen-bond donors (Lipinski definition) is 0. The Morgan fingerprint density at radius 1 is 1.14 bits per heavy atom. The van der Waals surface area contributed by atoms with Gasteiger partial charge in [0.05, 0.1) is 5.41 Å². The largest absolute Gasteiger partial charge is 0.425 e. The maximum atomic E-state index is 8.81. The highest BCUT2D eigenvalue weighted by molar-refractivity contribution is 5.29. The summed E-state index contributed by atoms with van der Waals surface area (Å²) in [4.78, 5) is 8.31. The van der Waals surface area contributed by atoms with Gasteiger partial charge in [-0.3, -0.25) is 10.1 Å². The molecule has 0 saturated heterocycles. The fourth-order valence-corrected chi connectivity index (χ4v) is 1.53. The predicted octanol–water partition coefficient (Wildman–Crippen LogP) is 3.62. The Hall–Kier alpha value is -2.24. The lowest BCUT2D eigenvalue weighted by Gasteiger charge is -2.20. The monoisotopic (exact) mass is 293 g/mol. The molecule has 6 nitrogen and oxygen atoms in total. The minimum Gasteiger partial charge on any atom is -0.425 e. The first-order valence-electron chi connectivity index (χ1n) is 6.78. The van der Waals surface area contributed by atoms with Gasteiger partial charge in [-0.05, 0) is 19.4 Å². The fraction of sp³-hybridized carbons (Fsp3) is 0.467. The highest BCUT2D eigenvalue weighted by Gasteiger charge is 2.28. The van der Waals surface area contributed by atoms with Crippen LogP contribution in [-0.4, -0.2) is 22.2 Å². The van der Waals surface area contributed by atoms with Gasteiger partial charge in [0.15, 0.2) is 7.05 Å². The van der Waals surface area contributed by atoms with E-state index in [1.165, 1.54) is 5.56 Å². The van der Waals surface area contributed by atoms with Crippen molar-refractivity contribution in [2.45, 2.75) is 40.0 Å². The lowest BCUT2D eigenvalue weighted by molar-refractivity contribution is -0.445. The van der Waals surface area contributed by atoms with Crippen LogP contribution >= 0.6 is 0 Å². The van der Waals surface area contributed by atoms with Crippen LogP contribution in [0, 0.1) is 17.0 Å². The van der Waals surface area contributed by atoms with E-state index in [4.69, 9.17) is 14.5 Å². The summed E-state index contributed by atoms with van der Waals surface area (Å²) in [6, 6.07) is 10.2. The molecule has 0 radical (unpaired) electrons. The predicted molar refractivity (Wildman–Crippen MR) is 81.9 cm³/mol. The zero-order chi connectivity index (χ0) is 16.5. The Kier molecular flexibility index (Phi) is 7.89. The molecule has 2 rings (SSSR count). The summed E-state index contributed by atoms with van der Waals surface area (Å²) in [5, 5.41) is 16.7. The van der Waals surface area contributed by atoms with E-state index in [-0.39, 0.29) is 5.41 Å². The van der Waals surface area contributed by atoms with Crippen molar-refractivity contribution in [1.82, 2.24) is 10.2 Å². The smallest absolute Gasteiger partial charge is 0.226 e. The summed E-state index contributed by atoms with van der Waals surface area (Å²) in [6.07, 6.45) is 0. The van der Waals surface area contributed by atoms with Crippen LogP contribution in [0.3, 0.4) is 0 Å². The summed E-state index contributed by atoms with van der Waals surface area (Å²) in [6.45, 7) is 9.96. The van der Waals surface area contributed by atoms with Crippen molar-refractivity contribution in [3.63, 3.8) is 0 Å². The van der Waals surface area contributed by atoms with E-state index in [0.717, 1.165) is 7.05 Å². The molecule has 6 heteroatoms. The second kappa shape index (κ2) is 8.84. The minimum absolute atomic E-state index is 0.234. The Morgan fingerprint density at radius 2 is 1.62 bits per heavy atom. The molecule has 0 N–H and O–H groups in total. The number of nitro groups is 1. The van der Waals surface area contributed by atoms with Crippen LogP contribution < -0.4 is 0 Å². The van der Waals surface area contributed by atoms with Crippen molar-refractivity contribution in [2.24, 2.45) is 0 Å². The molecule has 0 fully saturated rings. The summed E-state index contributed by atoms with van der Waals surface area (Å²) in [7, 11) is 0.889. The molecule has 0 aliphatic carbocycles. The zero-order valence-electron chi connectivity index (χ0n) is 13.5. The molecule has 1 aromatic heterocycles. The molecular weight excluding hydrogens is 270 g/mol. The van der Waals surface area contributed by atoms with Crippen LogP contribution in [0.15, 0.2) is 34.7 Å². The van der Waals surface area contributed by atoms with Crippen LogP contribution in [0.1, 0.15) is 45.0 Å². The van der Waals surface area contributed by atoms with E-state index in [9.17, 15) is 0 Å². The quantitative estimate of drug-likeness (QED) is 0.623. The number of aromatic nitrogens is 2. The molecule has 1 heterocycles. The van der Waals surface area contributed by atoms with Crippen LogP contribution in [0.5, 0.6) is 0 Å². The van der Waals surface area contributed by atoms with E-state index in [2.05, 4.69) is 36.2 Å². The first-order valence-corrected chi connectivity index (χ1v) is 6.78. The lowest BCUT2D eigenvalue weighted by Crippen LogP contribution is -2.19. The van der Waals surface area contributed by atoms with Gasteiger partial charge in [0, 0.05) is 11.8 Å². The fourth-order valence-electron chi connectivity index (χ4n) is 1.53. The highest BCUT2D eigenvalue weighted by Crippen LogP contribution is 2.29. The van der Waals surface area contributed by atoms with Crippen LogP contribution in [0.2, 0.25) is 0 Å². The van der Waals surface area contributed by atoms with Crippen LogP contribution in [0.25, 0.3) is 0 Å². The molecule has 1 aromatic carbocycles. The SMILES string of the molecule is CC.C[N+](=O)[O-].Cc1nnc(C(C)(C)c2ccccc2)o1. The van der Waals surface area contributed by atoms with Crippen molar-refractivity contribution < 1.29 is 9.34 Å². The summed E-state index contributed by atoms with van der Waals surface area (Å²) < 4.78 is 5.48. The van der Waals surface area contributed by atoms with Gasteiger partial charge >= 0.3 is 0 Å². The normalized spacial score (nSPS) is 9.81. The highest BCUT2D eigenvalue weighted by atomic mass is 16.6. The second-order valence-corrected chi connectivity index (χ2v) is 4.56. The average Bonchev–Trinajstić information content (AvgIpc) is 2.89. The molecule has 116 valence electrons. The molecule has 0 aliphatic heterocycles. The van der Waals surface area contributed by atoms with Gasteiger partial charge in [0.2, 0.25) is 11.8 Å². The molecule has 0 amide bonds. The first kappa shape index (κ1) is 18.8. The Morgan fingerprint density at radius 3 is 2.00 bits per heavy atom. The van der Waals surface area contributed by atoms with E-state index >= 15 is 0 Å². The number of hydrogen-bond acceptors (Lipinski definition) is 5. The van der Waals surface area contributed by atoms with Gasteiger partial charge in [-0.1, -0.05) is 44.2 Å². The average molecular weight is 293 g/mol. The topological polar surface area (TPSA) is 82.1 Å². The standard InChI is InChI=1S/C12H14N2O.C2H6.CH3NO2/c1-9-13-14-11(15-9)12(2,3)10-7-5-4-6-8-10;1-2;1-2(3)4/h4-8H,1-3H3;1-2H3;1H3. The minimum atomic E-state index is -0.500.